The van der Waals surface area contributed by atoms with E-state index in [4.69, 9.17) is 0 Å². The van der Waals surface area contributed by atoms with Crippen molar-refractivity contribution in [3.8, 4) is 5.69 Å². The molecule has 0 radical (unpaired) electrons. The van der Waals surface area contributed by atoms with Gasteiger partial charge in [0.2, 0.25) is 0 Å². The second kappa shape index (κ2) is 7.37. The van der Waals surface area contributed by atoms with Crippen LogP contribution in [-0.2, 0) is 0 Å². The smallest absolute Gasteiger partial charge is 0.272 e. The number of hydrogen-bond acceptors (Lipinski definition) is 4. The molecular weight excluding hydrogens is 290 g/mol. The number of nitrogens with zero attached hydrogens (tertiary/aromatic N) is 4. The Morgan fingerprint density at radius 3 is 2.87 bits per heavy atom. The van der Waals surface area contributed by atoms with Crippen LogP contribution in [0, 0.1) is 5.92 Å². The molecule has 1 amide bonds. The van der Waals surface area contributed by atoms with Gasteiger partial charge in [0.15, 0.2) is 0 Å². The molecule has 23 heavy (non-hydrogen) atoms. The van der Waals surface area contributed by atoms with Gasteiger partial charge in [0.1, 0.15) is 5.69 Å². The topological polar surface area (TPSA) is 63.1 Å². The van der Waals surface area contributed by atoms with Crippen LogP contribution in [0.2, 0.25) is 0 Å². The van der Waals surface area contributed by atoms with E-state index in [1.807, 2.05) is 23.2 Å². The van der Waals surface area contributed by atoms with Crippen LogP contribution in [-0.4, -0.2) is 51.8 Å². The molecule has 3 rings (SSSR count). The van der Waals surface area contributed by atoms with Gasteiger partial charge in [0, 0.05) is 31.7 Å². The summed E-state index contributed by atoms with van der Waals surface area (Å²) in [5.74, 6) is 0.684. The average Bonchev–Trinajstić information content (AvgIpc) is 3.14. The van der Waals surface area contributed by atoms with Gasteiger partial charge in [-0.05, 0) is 50.0 Å². The van der Waals surface area contributed by atoms with Crippen molar-refractivity contribution >= 4 is 5.91 Å². The van der Waals surface area contributed by atoms with Crippen LogP contribution in [0.15, 0.2) is 36.8 Å². The van der Waals surface area contributed by atoms with E-state index < -0.39 is 0 Å². The minimum atomic E-state index is 0.0147. The molecule has 1 fully saturated rings. The molecule has 0 aromatic carbocycles. The quantitative estimate of drug-likeness (QED) is 0.913. The molecule has 1 saturated heterocycles. The average molecular weight is 313 g/mol. The molecule has 0 aliphatic carbocycles. The van der Waals surface area contributed by atoms with E-state index >= 15 is 0 Å². The zero-order chi connectivity index (χ0) is 16.1. The molecular formula is C17H23N5O. The van der Waals surface area contributed by atoms with Gasteiger partial charge in [-0.1, -0.05) is 6.92 Å². The zero-order valence-corrected chi connectivity index (χ0v) is 13.5. The summed E-state index contributed by atoms with van der Waals surface area (Å²) < 4.78 is 1.74. The fourth-order valence-corrected chi connectivity index (χ4v) is 2.95. The first-order valence-corrected chi connectivity index (χ1v) is 8.24. The van der Waals surface area contributed by atoms with E-state index in [-0.39, 0.29) is 5.91 Å². The highest BCUT2D eigenvalue weighted by atomic mass is 16.2. The SMILES string of the molecule is CCNCC1CCN(C(=O)c2cc(-n3cccn3)ccn2)CC1. The summed E-state index contributed by atoms with van der Waals surface area (Å²) >= 11 is 0. The predicted octanol–water partition coefficient (Wildman–Crippen LogP) is 1.73. The molecule has 0 saturated carbocycles. The van der Waals surface area contributed by atoms with Crippen molar-refractivity contribution < 1.29 is 4.79 Å². The van der Waals surface area contributed by atoms with Crippen LogP contribution in [0.1, 0.15) is 30.3 Å². The van der Waals surface area contributed by atoms with Crippen molar-refractivity contribution in [3.63, 3.8) is 0 Å². The molecule has 1 N–H and O–H groups in total. The normalized spacial score (nSPS) is 15.8. The molecule has 6 heteroatoms. The largest absolute Gasteiger partial charge is 0.337 e. The molecule has 6 nitrogen and oxygen atoms in total. The van der Waals surface area contributed by atoms with Crippen LogP contribution in [0.25, 0.3) is 5.69 Å². The lowest BCUT2D eigenvalue weighted by molar-refractivity contribution is 0.0684. The molecule has 1 aliphatic heterocycles. The molecule has 3 heterocycles. The fraction of sp³-hybridized carbons (Fsp3) is 0.471. The summed E-state index contributed by atoms with van der Waals surface area (Å²) in [4.78, 5) is 18.8. The molecule has 122 valence electrons. The Kier molecular flexibility index (Phi) is 5.02. The Labute approximate surface area is 136 Å². The third kappa shape index (κ3) is 3.76. The Hall–Kier alpha value is -2.21. The number of carbonyl (C=O) groups is 1. The number of rotatable bonds is 5. The number of aromatic nitrogens is 3. The van der Waals surface area contributed by atoms with E-state index in [1.54, 1.807) is 23.1 Å². The summed E-state index contributed by atoms with van der Waals surface area (Å²) in [6.07, 6.45) is 7.35. The zero-order valence-electron chi connectivity index (χ0n) is 13.5. The van der Waals surface area contributed by atoms with Gasteiger partial charge < -0.3 is 10.2 Å². The number of piperidine rings is 1. The van der Waals surface area contributed by atoms with Crippen LogP contribution in [0.3, 0.4) is 0 Å². The molecule has 0 unspecified atom stereocenters. The monoisotopic (exact) mass is 313 g/mol. The van der Waals surface area contributed by atoms with Gasteiger partial charge >= 0.3 is 0 Å². The Morgan fingerprint density at radius 1 is 1.35 bits per heavy atom. The summed E-state index contributed by atoms with van der Waals surface area (Å²) in [7, 11) is 0. The second-order valence-corrected chi connectivity index (χ2v) is 5.89. The molecule has 0 spiro atoms. The third-order valence-electron chi connectivity index (χ3n) is 4.32. The highest BCUT2D eigenvalue weighted by Gasteiger charge is 2.24. The van der Waals surface area contributed by atoms with E-state index in [2.05, 4.69) is 22.3 Å². The van der Waals surface area contributed by atoms with Gasteiger partial charge in [-0.15, -0.1) is 0 Å². The lowest BCUT2D eigenvalue weighted by atomic mass is 9.96. The van der Waals surface area contributed by atoms with E-state index in [1.165, 1.54) is 0 Å². The van der Waals surface area contributed by atoms with Crippen molar-refractivity contribution in [1.29, 1.82) is 0 Å². The number of nitrogens with one attached hydrogen (secondary N) is 1. The second-order valence-electron chi connectivity index (χ2n) is 5.89. The minimum Gasteiger partial charge on any atom is -0.337 e. The Morgan fingerprint density at radius 2 is 2.17 bits per heavy atom. The van der Waals surface area contributed by atoms with Gasteiger partial charge in [-0.2, -0.15) is 5.10 Å². The van der Waals surface area contributed by atoms with Crippen LogP contribution >= 0.6 is 0 Å². The van der Waals surface area contributed by atoms with E-state index in [0.717, 1.165) is 44.7 Å². The van der Waals surface area contributed by atoms with Crippen LogP contribution < -0.4 is 5.32 Å². The predicted molar refractivity (Wildman–Crippen MR) is 88.5 cm³/mol. The standard InChI is InChI=1S/C17H23N5O/c1-2-18-13-14-5-10-21(11-6-14)17(23)16-12-15(4-8-19-16)22-9-3-7-20-22/h3-4,7-9,12,14,18H,2,5-6,10-11,13H2,1H3. The number of hydrogen-bond donors (Lipinski definition) is 1. The van der Waals surface area contributed by atoms with E-state index in [0.29, 0.717) is 11.6 Å². The van der Waals surface area contributed by atoms with Gasteiger partial charge in [-0.3, -0.25) is 9.78 Å². The molecule has 2 aromatic rings. The van der Waals surface area contributed by atoms with Crippen molar-refractivity contribution in [2.24, 2.45) is 5.92 Å². The van der Waals surface area contributed by atoms with Crippen molar-refractivity contribution in [2.45, 2.75) is 19.8 Å². The molecule has 0 atom stereocenters. The number of carbonyl (C=O) groups excluding carboxylic acids is 1. The van der Waals surface area contributed by atoms with E-state index in [9.17, 15) is 4.79 Å². The van der Waals surface area contributed by atoms with Crippen molar-refractivity contribution in [1.82, 2.24) is 25.0 Å². The minimum absolute atomic E-state index is 0.0147. The lowest BCUT2D eigenvalue weighted by Gasteiger charge is -2.32. The highest BCUT2D eigenvalue weighted by Crippen LogP contribution is 2.18. The fourth-order valence-electron chi connectivity index (χ4n) is 2.95. The first-order valence-electron chi connectivity index (χ1n) is 8.24. The molecule has 2 aromatic heterocycles. The lowest BCUT2D eigenvalue weighted by Crippen LogP contribution is -2.41. The molecule has 0 bridgehead atoms. The van der Waals surface area contributed by atoms with Gasteiger partial charge in [-0.25, -0.2) is 4.68 Å². The Balaban J connectivity index is 1.64. The maximum absolute atomic E-state index is 12.7. The van der Waals surface area contributed by atoms with Crippen LogP contribution in [0.4, 0.5) is 0 Å². The Bertz CT molecular complexity index is 632. The highest BCUT2D eigenvalue weighted by molar-refractivity contribution is 5.92. The first kappa shape index (κ1) is 15.7. The summed E-state index contributed by atoms with van der Waals surface area (Å²) in [5.41, 5.74) is 1.35. The van der Waals surface area contributed by atoms with Crippen molar-refractivity contribution in [3.05, 3.63) is 42.5 Å². The summed E-state index contributed by atoms with van der Waals surface area (Å²) in [6.45, 7) is 5.79. The number of pyridine rings is 1. The van der Waals surface area contributed by atoms with Crippen molar-refractivity contribution in [2.75, 3.05) is 26.2 Å². The third-order valence-corrected chi connectivity index (χ3v) is 4.32. The number of amides is 1. The van der Waals surface area contributed by atoms with Crippen LogP contribution in [0.5, 0.6) is 0 Å². The van der Waals surface area contributed by atoms with Gasteiger partial charge in [0.25, 0.3) is 5.91 Å². The first-order chi connectivity index (χ1) is 11.3. The van der Waals surface area contributed by atoms with Gasteiger partial charge in [0.05, 0.1) is 5.69 Å². The summed E-state index contributed by atoms with van der Waals surface area (Å²) in [5, 5.41) is 7.59. The molecule has 1 aliphatic rings. The number of likely N-dealkylation sites (tertiary alicyclic amines) is 1. The summed E-state index contributed by atoms with van der Waals surface area (Å²) in [6, 6.07) is 5.52. The maximum atomic E-state index is 12.7. The maximum Gasteiger partial charge on any atom is 0.272 e.